The van der Waals surface area contributed by atoms with Crippen LogP contribution >= 0.6 is 0 Å². The van der Waals surface area contributed by atoms with Gasteiger partial charge in [-0.15, -0.1) is 0 Å². The Kier molecular flexibility index (Phi) is 17.6. The van der Waals surface area contributed by atoms with E-state index in [0.29, 0.717) is 24.1 Å². The van der Waals surface area contributed by atoms with Gasteiger partial charge in [-0.25, -0.2) is 0 Å². The smallest absolute Gasteiger partial charge is 0.351 e. The number of hydrogen-bond donors (Lipinski definition) is 6. The summed E-state index contributed by atoms with van der Waals surface area (Å²) in [5.41, 5.74) is 5.97. The Bertz CT molecular complexity index is 1240. The molecule has 0 aliphatic rings. The molecule has 0 spiro atoms. The Labute approximate surface area is 289 Å². The third kappa shape index (κ3) is 15.5. The fourth-order valence-electron chi connectivity index (χ4n) is 4.93. The summed E-state index contributed by atoms with van der Waals surface area (Å²) in [7, 11) is 0. The van der Waals surface area contributed by atoms with Crippen LogP contribution in [0.5, 0.6) is 0 Å². The number of hydrogen-bond acceptors (Lipinski definition) is 8. The number of esters is 1. The van der Waals surface area contributed by atoms with Gasteiger partial charge < -0.3 is 36.8 Å². The molecule has 4 amide bonds. The Morgan fingerprint density at radius 1 is 0.918 bits per heavy atom. The molecule has 14 heteroatoms. The average Bonchev–Trinajstić information content (AvgIpc) is 3.00. The normalized spacial score (nSPS) is 14.9. The van der Waals surface area contributed by atoms with Gasteiger partial charge in [0.25, 0.3) is 5.91 Å². The van der Waals surface area contributed by atoms with Crippen molar-refractivity contribution >= 4 is 35.3 Å². The molecular weight excluding hydrogens is 640 g/mol. The average molecular weight is 698 g/mol. The lowest BCUT2D eigenvalue weighted by atomic mass is 9.94. The number of rotatable bonds is 20. The third-order valence-corrected chi connectivity index (χ3v) is 7.77. The summed E-state index contributed by atoms with van der Waals surface area (Å²) in [4.78, 5) is 64.2. The highest BCUT2D eigenvalue weighted by molar-refractivity contribution is 5.92. The summed E-state index contributed by atoms with van der Waals surface area (Å²) in [5, 5.41) is 20.7. The van der Waals surface area contributed by atoms with E-state index in [4.69, 9.17) is 10.5 Å². The second-order valence-corrected chi connectivity index (χ2v) is 14.0. The van der Waals surface area contributed by atoms with Gasteiger partial charge in [-0.1, -0.05) is 59.6 Å². The van der Waals surface area contributed by atoms with Gasteiger partial charge in [0.05, 0.1) is 6.04 Å². The van der Waals surface area contributed by atoms with E-state index >= 15 is 8.78 Å². The topological polar surface area (TPSA) is 189 Å². The number of benzene rings is 1. The minimum absolute atomic E-state index is 0.0241. The molecule has 1 rings (SSSR count). The molecule has 0 radical (unpaired) electrons. The van der Waals surface area contributed by atoms with Crippen LogP contribution in [-0.2, 0) is 35.3 Å². The first-order chi connectivity index (χ1) is 22.7. The van der Waals surface area contributed by atoms with Gasteiger partial charge in [0.2, 0.25) is 17.7 Å². The summed E-state index contributed by atoms with van der Waals surface area (Å²) >= 11 is 0. The van der Waals surface area contributed by atoms with Crippen LogP contribution < -0.4 is 27.0 Å². The van der Waals surface area contributed by atoms with Gasteiger partial charge in [-0.05, 0) is 69.6 Å². The van der Waals surface area contributed by atoms with E-state index in [1.165, 1.54) is 0 Å². The zero-order valence-corrected chi connectivity index (χ0v) is 30.2. The number of carbonyl (C=O) groups excluding carboxylic acids is 5. The minimum atomic E-state index is -4.26. The van der Waals surface area contributed by atoms with Crippen LogP contribution in [0.25, 0.3) is 0 Å². The molecule has 1 aromatic carbocycles. The number of alkyl halides is 2. The number of carbonyl (C=O) groups is 5. The molecule has 0 heterocycles. The number of nitrogens with two attached hydrogens (primary N) is 1. The molecular formula is C35H57F2N5O7. The van der Waals surface area contributed by atoms with Gasteiger partial charge in [0.1, 0.15) is 23.8 Å². The van der Waals surface area contributed by atoms with Gasteiger partial charge in [0, 0.05) is 25.1 Å². The quantitative estimate of drug-likeness (QED) is 0.0878. The predicted octanol–water partition coefficient (Wildman–Crippen LogP) is 3.74. The van der Waals surface area contributed by atoms with Gasteiger partial charge >= 0.3 is 11.9 Å². The molecule has 0 saturated carbocycles. The maximum absolute atomic E-state index is 15.3. The van der Waals surface area contributed by atoms with Crippen LogP contribution in [0.4, 0.5) is 14.5 Å². The first-order valence-corrected chi connectivity index (χ1v) is 17.0. The van der Waals surface area contributed by atoms with Crippen LogP contribution in [-0.4, -0.2) is 70.5 Å². The number of aliphatic hydroxyl groups is 1. The maximum atomic E-state index is 15.3. The maximum Gasteiger partial charge on any atom is 0.351 e. The molecule has 0 bridgehead atoms. The lowest BCUT2D eigenvalue weighted by Gasteiger charge is -2.32. The van der Waals surface area contributed by atoms with Crippen molar-refractivity contribution < 1.29 is 42.6 Å². The lowest BCUT2D eigenvalue weighted by molar-refractivity contribution is -0.168. The minimum Gasteiger partial charge on any atom is -0.460 e. The van der Waals surface area contributed by atoms with E-state index in [0.717, 1.165) is 0 Å². The molecule has 0 unspecified atom stereocenters. The Balaban J connectivity index is 3.01. The Hall–Kier alpha value is -3.81. The lowest BCUT2D eigenvalue weighted by Crippen LogP contribution is -2.61. The number of nitrogens with one attached hydrogen (secondary N) is 4. The molecule has 5 atom stereocenters. The Morgan fingerprint density at radius 2 is 1.53 bits per heavy atom. The molecule has 0 saturated heterocycles. The zero-order valence-electron chi connectivity index (χ0n) is 30.2. The molecule has 1 aromatic rings. The molecule has 0 fully saturated rings. The molecule has 0 aliphatic heterocycles. The summed E-state index contributed by atoms with van der Waals surface area (Å²) in [6.45, 7) is 13.8. The van der Waals surface area contributed by atoms with Crippen LogP contribution in [0.3, 0.4) is 0 Å². The molecule has 12 nitrogen and oxygen atoms in total. The summed E-state index contributed by atoms with van der Waals surface area (Å²) < 4.78 is 35.8. The number of halogens is 2. The van der Waals surface area contributed by atoms with Crippen molar-refractivity contribution in [3.05, 3.63) is 29.8 Å². The van der Waals surface area contributed by atoms with Gasteiger partial charge in [-0.2, -0.15) is 8.78 Å². The molecule has 278 valence electrons. The summed E-state index contributed by atoms with van der Waals surface area (Å²) in [6, 6.07) is 2.53. The van der Waals surface area contributed by atoms with Crippen molar-refractivity contribution in [3.63, 3.8) is 0 Å². The number of anilines is 1. The standard InChI is InChI=1S/C35H57F2N5O7/c1-9-12-25(40-32(47)29(22(5)10-2)42-27(43)13-11-14-28(44)49-34(6,7)8)31(46)41-26(19-21(3)4)30(45)35(36,37)33(48)39-20-23-15-17-24(38)18-16-23/h15-18,21-22,25-26,29-30,45H,9-14,19-20,38H2,1-8H3,(H,39,48)(H,40,47)(H,41,46)(H,42,43)/t22-,25-,26-,29-,30+/m0/s1. The monoisotopic (exact) mass is 697 g/mol. The number of amides is 4. The Morgan fingerprint density at radius 3 is 2.06 bits per heavy atom. The van der Waals surface area contributed by atoms with Crippen molar-refractivity contribution in [1.29, 1.82) is 0 Å². The molecule has 49 heavy (non-hydrogen) atoms. The number of aliphatic hydroxyl groups excluding tert-OH is 1. The van der Waals surface area contributed by atoms with Crippen LogP contribution in [0.1, 0.15) is 106 Å². The van der Waals surface area contributed by atoms with E-state index in [1.807, 2.05) is 6.92 Å². The summed E-state index contributed by atoms with van der Waals surface area (Å²) in [6.07, 6.45) is -1.38. The molecule has 0 aliphatic carbocycles. The van der Waals surface area contributed by atoms with E-state index in [9.17, 15) is 29.1 Å². The second kappa shape index (κ2) is 20.0. The zero-order chi connectivity index (χ0) is 37.5. The van der Waals surface area contributed by atoms with Crippen molar-refractivity contribution in [2.24, 2.45) is 11.8 Å². The van der Waals surface area contributed by atoms with E-state index in [1.54, 1.807) is 72.7 Å². The fraction of sp³-hybridized carbons (Fsp3) is 0.686. The van der Waals surface area contributed by atoms with Crippen molar-refractivity contribution in [1.82, 2.24) is 21.3 Å². The largest absolute Gasteiger partial charge is 0.460 e. The highest BCUT2D eigenvalue weighted by Gasteiger charge is 2.50. The van der Waals surface area contributed by atoms with Crippen molar-refractivity contribution in [2.45, 2.75) is 143 Å². The fourth-order valence-corrected chi connectivity index (χ4v) is 4.93. The first-order valence-electron chi connectivity index (χ1n) is 17.0. The number of nitrogen functional groups attached to an aromatic ring is 1. The third-order valence-electron chi connectivity index (χ3n) is 7.77. The van der Waals surface area contributed by atoms with E-state index in [2.05, 4.69) is 21.3 Å². The van der Waals surface area contributed by atoms with Crippen LogP contribution in [0.15, 0.2) is 24.3 Å². The molecule has 0 aromatic heterocycles. The van der Waals surface area contributed by atoms with E-state index in [-0.39, 0.29) is 50.5 Å². The molecule has 7 N–H and O–H groups in total. The van der Waals surface area contributed by atoms with Crippen molar-refractivity contribution in [3.8, 4) is 0 Å². The highest BCUT2D eigenvalue weighted by Crippen LogP contribution is 2.25. The second-order valence-electron chi connectivity index (χ2n) is 14.0. The van der Waals surface area contributed by atoms with Gasteiger partial charge in [0.15, 0.2) is 0 Å². The van der Waals surface area contributed by atoms with Crippen LogP contribution in [0.2, 0.25) is 0 Å². The number of ether oxygens (including phenoxy) is 1. The SMILES string of the molecule is CCC[C@H](NC(=O)[C@@H](NC(=O)CCCC(=O)OC(C)(C)C)[C@@H](C)CC)C(=O)N[C@@H](CC(C)C)[C@@H](O)C(F)(F)C(=O)NCc1ccc(N)cc1. The first kappa shape index (κ1) is 43.2. The predicted molar refractivity (Wildman–Crippen MR) is 183 cm³/mol. The highest BCUT2D eigenvalue weighted by atomic mass is 19.3. The van der Waals surface area contributed by atoms with E-state index < -0.39 is 65.4 Å². The van der Waals surface area contributed by atoms with Crippen LogP contribution in [0, 0.1) is 11.8 Å². The summed E-state index contributed by atoms with van der Waals surface area (Å²) in [5.74, 6) is -8.92. The van der Waals surface area contributed by atoms with Gasteiger partial charge in [-0.3, -0.25) is 24.0 Å². The van der Waals surface area contributed by atoms with Crippen molar-refractivity contribution in [2.75, 3.05) is 5.73 Å².